The number of carbonyl (C=O) groups is 1. The van der Waals surface area contributed by atoms with E-state index >= 15 is 0 Å². The number of amides is 1. The first-order valence-electron chi connectivity index (χ1n) is 8.17. The van der Waals surface area contributed by atoms with Gasteiger partial charge >= 0.3 is 0 Å². The molecule has 0 atom stereocenters. The molecule has 25 heavy (non-hydrogen) atoms. The summed E-state index contributed by atoms with van der Waals surface area (Å²) in [5.74, 6) is 1.17. The Morgan fingerprint density at radius 3 is 2.52 bits per heavy atom. The molecule has 3 rings (SSSR count). The fourth-order valence-electron chi connectivity index (χ4n) is 2.42. The first-order valence-corrected chi connectivity index (χ1v) is 8.17. The van der Waals surface area contributed by atoms with E-state index in [-0.39, 0.29) is 5.91 Å². The van der Waals surface area contributed by atoms with E-state index < -0.39 is 0 Å². The van der Waals surface area contributed by atoms with Gasteiger partial charge in [-0.05, 0) is 24.6 Å². The predicted molar refractivity (Wildman–Crippen MR) is 94.9 cm³/mol. The number of benzene rings is 1. The van der Waals surface area contributed by atoms with Crippen LogP contribution < -0.4 is 5.32 Å². The summed E-state index contributed by atoms with van der Waals surface area (Å²) in [5, 5.41) is 3.06. The molecule has 2 heterocycles. The van der Waals surface area contributed by atoms with Crippen LogP contribution in [0.2, 0.25) is 0 Å². The first-order chi connectivity index (χ1) is 12.3. The predicted octanol–water partition coefficient (Wildman–Crippen LogP) is 3.34. The maximum atomic E-state index is 12.6. The van der Waals surface area contributed by atoms with Gasteiger partial charge in [0.05, 0.1) is 18.4 Å². The van der Waals surface area contributed by atoms with Crippen LogP contribution in [0.25, 0.3) is 0 Å². The van der Waals surface area contributed by atoms with Crippen molar-refractivity contribution in [1.29, 1.82) is 0 Å². The van der Waals surface area contributed by atoms with Gasteiger partial charge in [0.2, 0.25) is 5.95 Å². The molecule has 0 saturated heterocycles. The Morgan fingerprint density at radius 2 is 1.88 bits per heavy atom. The molecular weight excluding hydrogens is 316 g/mol. The number of nitrogens with zero attached hydrogens (tertiary/aromatic N) is 3. The number of furan rings is 1. The topological polar surface area (TPSA) is 71.3 Å². The average molecular weight is 336 g/mol. The lowest BCUT2D eigenvalue weighted by atomic mass is 10.2. The summed E-state index contributed by atoms with van der Waals surface area (Å²) < 4.78 is 5.24. The monoisotopic (exact) mass is 336 g/mol. The largest absolute Gasteiger partial charge is 0.467 e. The fourth-order valence-corrected chi connectivity index (χ4v) is 2.42. The summed E-state index contributed by atoms with van der Waals surface area (Å²) in [6.45, 7) is 3.64. The summed E-state index contributed by atoms with van der Waals surface area (Å²) in [5.41, 5.74) is 1.57. The molecule has 2 aromatic heterocycles. The zero-order valence-electron chi connectivity index (χ0n) is 14.1. The molecule has 0 fully saturated rings. The standard InChI is InChI=1S/C19H20N4O2/c1-2-23(14-15-7-4-3-5-8-15)18(24)16-11-20-19(21-12-16)22-13-17-9-6-10-25-17/h3-12H,2,13-14H2,1H3,(H,20,21,22). The Balaban J connectivity index is 1.62. The molecular formula is C19H20N4O2. The first kappa shape index (κ1) is 16.7. The molecule has 0 saturated carbocycles. The highest BCUT2D eigenvalue weighted by molar-refractivity contribution is 5.93. The molecule has 6 heteroatoms. The normalized spacial score (nSPS) is 10.4. The van der Waals surface area contributed by atoms with Crippen LogP contribution in [0.3, 0.4) is 0 Å². The van der Waals surface area contributed by atoms with Gasteiger partial charge in [0.1, 0.15) is 5.76 Å². The van der Waals surface area contributed by atoms with Crippen LogP contribution in [-0.4, -0.2) is 27.3 Å². The highest BCUT2D eigenvalue weighted by atomic mass is 16.3. The van der Waals surface area contributed by atoms with Gasteiger partial charge in [-0.15, -0.1) is 0 Å². The molecule has 0 spiro atoms. The lowest BCUT2D eigenvalue weighted by molar-refractivity contribution is 0.0751. The third-order valence-electron chi connectivity index (χ3n) is 3.78. The van der Waals surface area contributed by atoms with Gasteiger partial charge in [0, 0.05) is 25.5 Å². The summed E-state index contributed by atoms with van der Waals surface area (Å²) in [7, 11) is 0. The Morgan fingerprint density at radius 1 is 1.12 bits per heavy atom. The summed E-state index contributed by atoms with van der Waals surface area (Å²) in [6.07, 6.45) is 4.71. The minimum absolute atomic E-state index is 0.0797. The highest BCUT2D eigenvalue weighted by Crippen LogP contribution is 2.10. The second-order valence-corrected chi connectivity index (χ2v) is 5.53. The lowest BCUT2D eigenvalue weighted by Gasteiger charge is -2.20. The van der Waals surface area contributed by atoms with E-state index in [4.69, 9.17) is 4.42 Å². The minimum Gasteiger partial charge on any atom is -0.467 e. The van der Waals surface area contributed by atoms with Crippen molar-refractivity contribution in [1.82, 2.24) is 14.9 Å². The quantitative estimate of drug-likeness (QED) is 0.716. The van der Waals surface area contributed by atoms with Crippen molar-refractivity contribution in [3.8, 4) is 0 Å². The summed E-state index contributed by atoms with van der Waals surface area (Å²) in [6, 6.07) is 13.6. The van der Waals surface area contributed by atoms with E-state index in [9.17, 15) is 4.79 Å². The van der Waals surface area contributed by atoms with Gasteiger partial charge in [-0.1, -0.05) is 30.3 Å². The molecule has 1 N–H and O–H groups in total. The average Bonchev–Trinajstić information content (AvgIpc) is 3.19. The lowest BCUT2D eigenvalue weighted by Crippen LogP contribution is -2.30. The van der Waals surface area contributed by atoms with E-state index in [2.05, 4.69) is 15.3 Å². The Bertz CT molecular complexity index is 786. The van der Waals surface area contributed by atoms with E-state index in [1.807, 2.05) is 49.4 Å². The second kappa shape index (κ2) is 8.10. The Kier molecular flexibility index (Phi) is 5.41. The van der Waals surface area contributed by atoms with Crippen LogP contribution in [0, 0.1) is 0 Å². The summed E-state index contributed by atoms with van der Waals surface area (Å²) >= 11 is 0. The van der Waals surface area contributed by atoms with Crippen molar-refractivity contribution in [2.24, 2.45) is 0 Å². The van der Waals surface area contributed by atoms with Crippen molar-refractivity contribution in [3.05, 3.63) is 78.0 Å². The number of hydrogen-bond donors (Lipinski definition) is 1. The number of aromatic nitrogens is 2. The second-order valence-electron chi connectivity index (χ2n) is 5.53. The van der Waals surface area contributed by atoms with E-state index in [0.29, 0.717) is 31.1 Å². The van der Waals surface area contributed by atoms with Crippen LogP contribution in [0.5, 0.6) is 0 Å². The highest BCUT2D eigenvalue weighted by Gasteiger charge is 2.15. The van der Waals surface area contributed by atoms with Crippen LogP contribution in [-0.2, 0) is 13.1 Å². The van der Waals surface area contributed by atoms with Gasteiger partial charge in [-0.3, -0.25) is 4.79 Å². The van der Waals surface area contributed by atoms with Crippen LogP contribution >= 0.6 is 0 Å². The smallest absolute Gasteiger partial charge is 0.257 e. The number of nitrogens with one attached hydrogen (secondary N) is 1. The van der Waals surface area contributed by atoms with Crippen molar-refractivity contribution < 1.29 is 9.21 Å². The summed E-state index contributed by atoms with van der Waals surface area (Å²) in [4.78, 5) is 22.8. The van der Waals surface area contributed by atoms with Crippen LogP contribution in [0.4, 0.5) is 5.95 Å². The number of rotatable bonds is 7. The van der Waals surface area contributed by atoms with Gasteiger partial charge in [0.25, 0.3) is 5.91 Å². The molecule has 3 aromatic rings. The maximum absolute atomic E-state index is 12.6. The van der Waals surface area contributed by atoms with Gasteiger partial charge in [-0.2, -0.15) is 0 Å². The number of anilines is 1. The van der Waals surface area contributed by atoms with Crippen molar-refractivity contribution >= 4 is 11.9 Å². The van der Waals surface area contributed by atoms with Gasteiger partial charge in [0.15, 0.2) is 0 Å². The molecule has 128 valence electrons. The van der Waals surface area contributed by atoms with E-state index in [0.717, 1.165) is 11.3 Å². The van der Waals surface area contributed by atoms with E-state index in [1.165, 1.54) is 0 Å². The van der Waals surface area contributed by atoms with Crippen molar-refractivity contribution in [2.45, 2.75) is 20.0 Å². The van der Waals surface area contributed by atoms with Crippen LogP contribution in [0.1, 0.15) is 28.6 Å². The molecule has 6 nitrogen and oxygen atoms in total. The number of hydrogen-bond acceptors (Lipinski definition) is 5. The molecule has 0 aliphatic rings. The molecule has 0 aliphatic carbocycles. The molecule has 1 aromatic carbocycles. The zero-order valence-corrected chi connectivity index (χ0v) is 14.1. The Labute approximate surface area is 146 Å². The zero-order chi connectivity index (χ0) is 17.5. The van der Waals surface area contributed by atoms with Crippen LogP contribution in [0.15, 0.2) is 65.5 Å². The number of carbonyl (C=O) groups excluding carboxylic acids is 1. The van der Waals surface area contributed by atoms with Gasteiger partial charge in [-0.25, -0.2) is 9.97 Å². The molecule has 1 amide bonds. The molecule has 0 aliphatic heterocycles. The molecule has 0 unspecified atom stereocenters. The SMILES string of the molecule is CCN(Cc1ccccc1)C(=O)c1cnc(NCc2ccco2)nc1. The molecule has 0 bridgehead atoms. The maximum Gasteiger partial charge on any atom is 0.257 e. The fraction of sp³-hybridized carbons (Fsp3) is 0.211. The minimum atomic E-state index is -0.0797. The van der Waals surface area contributed by atoms with E-state index in [1.54, 1.807) is 23.6 Å². The third-order valence-corrected chi connectivity index (χ3v) is 3.78. The van der Waals surface area contributed by atoms with Crippen molar-refractivity contribution in [2.75, 3.05) is 11.9 Å². The third kappa shape index (κ3) is 4.44. The van der Waals surface area contributed by atoms with Crippen molar-refractivity contribution in [3.63, 3.8) is 0 Å². The molecule has 0 radical (unpaired) electrons. The Hall–Kier alpha value is -3.15. The van der Waals surface area contributed by atoms with Gasteiger partial charge < -0.3 is 14.6 Å².